The van der Waals surface area contributed by atoms with E-state index in [9.17, 15) is 5.11 Å². The summed E-state index contributed by atoms with van der Waals surface area (Å²) in [5.41, 5.74) is 3.12. The second-order valence-corrected chi connectivity index (χ2v) is 14.5. The van der Waals surface area contributed by atoms with Gasteiger partial charge in [0.1, 0.15) is 23.8 Å². The summed E-state index contributed by atoms with van der Waals surface area (Å²) in [5, 5.41) is 16.6. The highest BCUT2D eigenvalue weighted by Crippen LogP contribution is 2.55. The van der Waals surface area contributed by atoms with Gasteiger partial charge in [-0.2, -0.15) is 9.97 Å². The fraction of sp³-hybridized carbons (Fsp3) is 0.600. The number of anilines is 2. The number of aryl methyl sites for hydroxylation is 1. The van der Waals surface area contributed by atoms with Crippen LogP contribution >= 0.6 is 0 Å². The van der Waals surface area contributed by atoms with Crippen LogP contribution < -0.4 is 19.9 Å². The van der Waals surface area contributed by atoms with Gasteiger partial charge in [0.25, 0.3) is 0 Å². The highest BCUT2D eigenvalue weighted by Gasteiger charge is 2.63. The Morgan fingerprint density at radius 1 is 1.05 bits per heavy atom. The number of ether oxygens (including phenoxy) is 1. The maximum Gasteiger partial charge on any atom is 0.318 e. The van der Waals surface area contributed by atoms with Crippen LogP contribution in [-0.2, 0) is 13.0 Å². The second kappa shape index (κ2) is 9.91. The molecule has 4 saturated heterocycles. The van der Waals surface area contributed by atoms with Gasteiger partial charge in [-0.3, -0.25) is 4.90 Å². The molecule has 1 aliphatic carbocycles. The van der Waals surface area contributed by atoms with E-state index in [1.807, 2.05) is 18.2 Å². The Morgan fingerprint density at radius 3 is 2.77 bits per heavy atom. The van der Waals surface area contributed by atoms with Crippen LogP contribution in [0, 0.1) is 6.92 Å². The second-order valence-electron chi connectivity index (χ2n) is 14.5. The van der Waals surface area contributed by atoms with E-state index in [0.717, 1.165) is 80.9 Å². The van der Waals surface area contributed by atoms with Crippen molar-refractivity contribution in [3.05, 3.63) is 47.2 Å². The molecule has 2 aromatic carbocycles. The van der Waals surface area contributed by atoms with E-state index in [1.54, 1.807) is 0 Å². The number of benzene rings is 2. The van der Waals surface area contributed by atoms with Crippen molar-refractivity contribution in [2.75, 3.05) is 42.6 Å². The van der Waals surface area contributed by atoms with E-state index in [0.29, 0.717) is 44.1 Å². The molecule has 0 amide bonds. The minimum atomic E-state index is -1.08. The first-order chi connectivity index (χ1) is 21.4. The van der Waals surface area contributed by atoms with Crippen LogP contribution in [0.2, 0.25) is 0 Å². The lowest BCUT2D eigenvalue weighted by atomic mass is 9.88. The Bertz CT molecular complexity index is 1620. The minimum Gasteiger partial charge on any atom is -0.508 e. The molecule has 6 heterocycles. The van der Waals surface area contributed by atoms with Gasteiger partial charge in [0, 0.05) is 66.9 Å². The van der Waals surface area contributed by atoms with Crippen LogP contribution in [0.5, 0.6) is 11.8 Å². The molecule has 0 radical (unpaired) electrons. The number of aromatic nitrogens is 2. The molecule has 5 aliphatic heterocycles. The normalized spacial score (nSPS) is 32.7. The molecule has 3 aromatic rings. The van der Waals surface area contributed by atoms with E-state index >= 15 is 4.39 Å². The SMILES string of the molecule is Cc1cccc2cc(O)cc(N3CCc4c(nc(OC[C@]56CCCN5[C@@H]5CCC[C@]5(F)C6)nc4N4CC5CCC(C4)N5)C3)c12. The van der Waals surface area contributed by atoms with E-state index < -0.39 is 5.67 Å². The van der Waals surface area contributed by atoms with Crippen molar-refractivity contribution in [1.82, 2.24) is 20.2 Å². The molecule has 2 bridgehead atoms. The van der Waals surface area contributed by atoms with Gasteiger partial charge in [-0.1, -0.05) is 18.2 Å². The number of rotatable bonds is 5. The predicted molar refractivity (Wildman–Crippen MR) is 170 cm³/mol. The molecular formula is C35H43FN6O2. The van der Waals surface area contributed by atoms with E-state index in [1.165, 1.54) is 29.4 Å². The molecule has 6 aliphatic rings. The summed E-state index contributed by atoms with van der Waals surface area (Å²) in [6.07, 6.45) is 8.52. The van der Waals surface area contributed by atoms with Gasteiger partial charge in [-0.05, 0) is 81.9 Å². The smallest absolute Gasteiger partial charge is 0.318 e. The van der Waals surface area contributed by atoms with Gasteiger partial charge < -0.3 is 25.0 Å². The first-order valence-corrected chi connectivity index (χ1v) is 16.8. The molecule has 2 N–H and O–H groups in total. The van der Waals surface area contributed by atoms with Gasteiger partial charge in [0.15, 0.2) is 0 Å². The zero-order chi connectivity index (χ0) is 29.6. The lowest BCUT2D eigenvalue weighted by Gasteiger charge is -2.38. The zero-order valence-corrected chi connectivity index (χ0v) is 25.7. The van der Waals surface area contributed by atoms with Gasteiger partial charge in [-0.25, -0.2) is 4.39 Å². The third-order valence-corrected chi connectivity index (χ3v) is 11.8. The zero-order valence-electron chi connectivity index (χ0n) is 25.7. The number of nitrogens with one attached hydrogen (secondary N) is 1. The largest absolute Gasteiger partial charge is 0.508 e. The number of hydrogen-bond acceptors (Lipinski definition) is 8. The molecule has 5 fully saturated rings. The summed E-state index contributed by atoms with van der Waals surface area (Å²) in [6, 6.07) is 11.4. The van der Waals surface area contributed by atoms with Crippen molar-refractivity contribution in [2.24, 2.45) is 0 Å². The molecule has 1 saturated carbocycles. The van der Waals surface area contributed by atoms with Crippen LogP contribution in [0.4, 0.5) is 15.9 Å². The molecule has 232 valence electrons. The third-order valence-electron chi connectivity index (χ3n) is 11.8. The van der Waals surface area contributed by atoms with Crippen LogP contribution in [-0.4, -0.2) is 82.1 Å². The maximum atomic E-state index is 16.0. The number of halogens is 1. The fourth-order valence-electron chi connectivity index (χ4n) is 9.96. The Kier molecular flexibility index (Phi) is 6.12. The lowest BCUT2D eigenvalue weighted by molar-refractivity contribution is 0.0808. The number of fused-ring (bicyclic) bond motifs is 7. The number of hydrogen-bond donors (Lipinski definition) is 2. The van der Waals surface area contributed by atoms with Crippen molar-refractivity contribution >= 4 is 22.3 Å². The first-order valence-electron chi connectivity index (χ1n) is 16.8. The average Bonchev–Trinajstić information content (AvgIpc) is 3.73. The van der Waals surface area contributed by atoms with Crippen molar-refractivity contribution in [2.45, 2.75) is 101 Å². The molecular weight excluding hydrogens is 555 g/mol. The number of alkyl halides is 1. The number of nitrogens with zero attached hydrogens (tertiary/aromatic N) is 5. The third kappa shape index (κ3) is 4.21. The summed E-state index contributed by atoms with van der Waals surface area (Å²) in [6.45, 7) is 6.89. The monoisotopic (exact) mass is 598 g/mol. The summed E-state index contributed by atoms with van der Waals surface area (Å²) in [7, 11) is 0. The Labute approximate surface area is 258 Å². The summed E-state index contributed by atoms with van der Waals surface area (Å²) >= 11 is 0. The number of phenols is 1. The molecule has 9 rings (SSSR count). The van der Waals surface area contributed by atoms with Gasteiger partial charge in [0.2, 0.25) is 0 Å². The highest BCUT2D eigenvalue weighted by atomic mass is 19.1. The van der Waals surface area contributed by atoms with Gasteiger partial charge >= 0.3 is 6.01 Å². The Balaban J connectivity index is 1.07. The van der Waals surface area contributed by atoms with Crippen LogP contribution in [0.1, 0.15) is 68.2 Å². The van der Waals surface area contributed by atoms with E-state index in [2.05, 4.69) is 39.1 Å². The number of phenolic OH excluding ortho intramolecular Hbond substituents is 1. The molecule has 9 heteroatoms. The van der Waals surface area contributed by atoms with Crippen LogP contribution in [0.25, 0.3) is 10.8 Å². The van der Waals surface area contributed by atoms with Gasteiger partial charge in [-0.15, -0.1) is 0 Å². The maximum absolute atomic E-state index is 16.0. The van der Waals surface area contributed by atoms with Crippen molar-refractivity contribution < 1.29 is 14.2 Å². The Hall–Kier alpha value is -3.17. The van der Waals surface area contributed by atoms with Crippen molar-refractivity contribution in [3.8, 4) is 11.8 Å². The predicted octanol–water partition coefficient (Wildman–Crippen LogP) is 5.03. The van der Waals surface area contributed by atoms with Gasteiger partial charge in [0.05, 0.1) is 17.8 Å². The Morgan fingerprint density at radius 2 is 1.91 bits per heavy atom. The minimum absolute atomic E-state index is 0.0408. The summed E-state index contributed by atoms with van der Waals surface area (Å²) in [4.78, 5) is 17.5. The molecule has 8 nitrogen and oxygen atoms in total. The fourth-order valence-corrected chi connectivity index (χ4v) is 9.96. The summed E-state index contributed by atoms with van der Waals surface area (Å²) in [5.74, 6) is 1.30. The van der Waals surface area contributed by atoms with Crippen molar-refractivity contribution in [1.29, 1.82) is 0 Å². The number of piperazine rings is 1. The molecule has 44 heavy (non-hydrogen) atoms. The first kappa shape index (κ1) is 27.2. The van der Waals surface area contributed by atoms with Crippen LogP contribution in [0.3, 0.4) is 0 Å². The van der Waals surface area contributed by atoms with Crippen molar-refractivity contribution in [3.63, 3.8) is 0 Å². The number of aromatic hydroxyl groups is 1. The van der Waals surface area contributed by atoms with E-state index in [4.69, 9.17) is 14.7 Å². The lowest BCUT2D eigenvalue weighted by Crippen LogP contribution is -2.52. The molecule has 2 unspecified atom stereocenters. The molecule has 0 spiro atoms. The topological polar surface area (TPSA) is 77.0 Å². The standard InChI is InChI=1S/C35H43FN6O2/c1-22-5-2-6-23-15-26(43)16-29(31(22)23)40-14-10-27-28(19-40)38-33(39-32(27)41-17-24-8-9-25(18-41)37-24)44-21-34-11-4-13-42(34)30-7-3-12-35(30,36)20-34/h2,5-6,15-16,24-25,30,37,43H,3-4,7-14,17-21H2,1H3/t24?,25?,30-,34-,35+/m1/s1. The molecule has 1 aromatic heterocycles. The van der Waals surface area contributed by atoms with Crippen LogP contribution in [0.15, 0.2) is 30.3 Å². The molecule has 5 atom stereocenters. The quantitative estimate of drug-likeness (QED) is 0.424. The highest BCUT2D eigenvalue weighted by molar-refractivity contribution is 5.98. The summed E-state index contributed by atoms with van der Waals surface area (Å²) < 4.78 is 22.6. The average molecular weight is 599 g/mol. The van der Waals surface area contributed by atoms with E-state index in [-0.39, 0.29) is 17.3 Å².